The summed E-state index contributed by atoms with van der Waals surface area (Å²) in [4.78, 5) is 23.6. The van der Waals surface area contributed by atoms with E-state index in [-0.39, 0.29) is 40.3 Å². The highest BCUT2D eigenvalue weighted by Crippen LogP contribution is 2.30. The lowest BCUT2D eigenvalue weighted by Gasteiger charge is -2.27. The van der Waals surface area contributed by atoms with Gasteiger partial charge in [-0.25, -0.2) is 13.2 Å². The molecule has 0 bridgehead atoms. The zero-order valence-electron chi connectivity index (χ0n) is 17.3. The first-order valence-electron chi connectivity index (χ1n) is 10.2. The van der Waals surface area contributed by atoms with Crippen molar-refractivity contribution in [3.05, 3.63) is 48.5 Å². The van der Waals surface area contributed by atoms with E-state index in [0.717, 1.165) is 0 Å². The molecular weight excluding hydrogens is 418 g/mol. The molecule has 4 N–H and O–H groups in total. The Hall–Kier alpha value is -3.07. The summed E-state index contributed by atoms with van der Waals surface area (Å²) in [5, 5.41) is 5.68. The second-order valence-electron chi connectivity index (χ2n) is 7.53. The van der Waals surface area contributed by atoms with Crippen LogP contribution in [0.3, 0.4) is 0 Å². The summed E-state index contributed by atoms with van der Waals surface area (Å²) >= 11 is 0. The Morgan fingerprint density at radius 2 is 1.68 bits per heavy atom. The van der Waals surface area contributed by atoms with Gasteiger partial charge in [0.2, 0.25) is 5.91 Å². The predicted molar refractivity (Wildman–Crippen MR) is 118 cm³/mol. The largest absolute Gasteiger partial charge is 0.456 e. The summed E-state index contributed by atoms with van der Waals surface area (Å²) in [7, 11) is -3.41. The van der Waals surface area contributed by atoms with Crippen molar-refractivity contribution in [2.45, 2.75) is 43.5 Å². The molecule has 1 saturated carbocycles. The average Bonchev–Trinajstić information content (AvgIpc) is 2.76. The third-order valence-corrected chi connectivity index (χ3v) is 7.14. The van der Waals surface area contributed by atoms with Gasteiger partial charge in [0.15, 0.2) is 9.84 Å². The van der Waals surface area contributed by atoms with Crippen LogP contribution in [0.4, 0.5) is 10.5 Å². The summed E-state index contributed by atoms with van der Waals surface area (Å²) in [5.41, 5.74) is 5.91. The van der Waals surface area contributed by atoms with Gasteiger partial charge in [-0.15, -0.1) is 0 Å². The number of hydrogen-bond donors (Lipinski definition) is 3. The molecule has 1 fully saturated rings. The molecule has 1 aliphatic rings. The second-order valence-corrected chi connectivity index (χ2v) is 9.77. The quantitative estimate of drug-likeness (QED) is 0.601. The number of rotatable bonds is 7. The number of ether oxygens (including phenoxy) is 1. The number of nitrogens with two attached hydrogens (primary N) is 1. The average molecular weight is 446 g/mol. The highest BCUT2D eigenvalue weighted by molar-refractivity contribution is 7.91. The molecule has 0 spiro atoms. The Labute approximate surface area is 182 Å². The Kier molecular flexibility index (Phi) is 7.17. The lowest BCUT2D eigenvalue weighted by atomic mass is 9.86. The van der Waals surface area contributed by atoms with Crippen molar-refractivity contribution in [1.29, 1.82) is 0 Å². The smallest absolute Gasteiger partial charge is 0.319 e. The molecule has 2 aromatic carbocycles. The van der Waals surface area contributed by atoms with Crippen LogP contribution in [0.2, 0.25) is 0 Å². The van der Waals surface area contributed by atoms with E-state index in [2.05, 4.69) is 10.6 Å². The molecular formula is C22H27N3O5S. The number of sulfone groups is 1. The number of hydrogen-bond acceptors (Lipinski definition) is 5. The predicted octanol–water partition coefficient (Wildman–Crippen LogP) is 3.44. The number of amides is 3. The van der Waals surface area contributed by atoms with Gasteiger partial charge in [0.05, 0.1) is 5.75 Å². The molecule has 9 heteroatoms. The van der Waals surface area contributed by atoms with Crippen molar-refractivity contribution in [3.63, 3.8) is 0 Å². The third kappa shape index (κ3) is 5.97. The van der Waals surface area contributed by atoms with Crippen LogP contribution in [0.15, 0.2) is 53.4 Å². The number of benzene rings is 2. The minimum Gasteiger partial charge on any atom is -0.456 e. The lowest BCUT2D eigenvalue weighted by molar-refractivity contribution is -0.122. The van der Waals surface area contributed by atoms with E-state index in [1.165, 1.54) is 6.07 Å². The zero-order valence-corrected chi connectivity index (χ0v) is 18.2. The molecule has 166 valence electrons. The minimum absolute atomic E-state index is 0.00947. The van der Waals surface area contributed by atoms with Gasteiger partial charge in [-0.05, 0) is 62.1 Å². The maximum Gasteiger partial charge on any atom is 0.319 e. The van der Waals surface area contributed by atoms with Crippen molar-refractivity contribution in [1.82, 2.24) is 5.32 Å². The fourth-order valence-corrected chi connectivity index (χ4v) is 4.57. The number of nitrogens with one attached hydrogen (secondary N) is 2. The normalized spacial score (nSPS) is 18.7. The van der Waals surface area contributed by atoms with Gasteiger partial charge in [0.1, 0.15) is 16.4 Å². The van der Waals surface area contributed by atoms with Gasteiger partial charge in [0, 0.05) is 17.6 Å². The van der Waals surface area contributed by atoms with Crippen molar-refractivity contribution in [3.8, 4) is 11.5 Å². The Morgan fingerprint density at radius 1 is 1.03 bits per heavy atom. The molecule has 1 aliphatic carbocycles. The number of carbonyl (C=O) groups is 2. The molecule has 0 saturated heterocycles. The molecule has 0 aliphatic heterocycles. The molecule has 0 aromatic heterocycles. The highest BCUT2D eigenvalue weighted by atomic mass is 32.2. The molecule has 31 heavy (non-hydrogen) atoms. The summed E-state index contributed by atoms with van der Waals surface area (Å²) < 4.78 is 30.3. The molecule has 0 heterocycles. The van der Waals surface area contributed by atoms with E-state index in [4.69, 9.17) is 10.5 Å². The zero-order chi connectivity index (χ0) is 22.4. The summed E-state index contributed by atoms with van der Waals surface area (Å²) in [6, 6.07) is 12.8. The standard InChI is InChI=1S/C22H27N3O5S/c1-2-31(28,29)20-6-4-3-5-19(20)30-18-13-11-17(12-14-18)25-22(27)24-16-9-7-15(8-10-16)21(23)26/h3-6,11-16H,2,7-10H2,1H3,(H2,23,26)(H2,24,25,27). The molecule has 3 amide bonds. The van der Waals surface area contributed by atoms with Crippen molar-refractivity contribution < 1.29 is 22.7 Å². The van der Waals surface area contributed by atoms with E-state index in [1.807, 2.05) is 0 Å². The SMILES string of the molecule is CCS(=O)(=O)c1ccccc1Oc1ccc(NC(=O)NC2CCC(C(N)=O)CC2)cc1. The molecule has 3 rings (SSSR count). The topological polar surface area (TPSA) is 128 Å². The van der Waals surface area contributed by atoms with Crippen LogP contribution in [-0.2, 0) is 14.6 Å². The van der Waals surface area contributed by atoms with Crippen LogP contribution in [0, 0.1) is 5.92 Å². The van der Waals surface area contributed by atoms with E-state index < -0.39 is 9.84 Å². The van der Waals surface area contributed by atoms with Gasteiger partial charge in [-0.3, -0.25) is 4.79 Å². The van der Waals surface area contributed by atoms with E-state index in [9.17, 15) is 18.0 Å². The Bertz CT molecular complexity index is 1030. The van der Waals surface area contributed by atoms with Crippen LogP contribution in [0.1, 0.15) is 32.6 Å². The van der Waals surface area contributed by atoms with Gasteiger partial charge >= 0.3 is 6.03 Å². The highest BCUT2D eigenvalue weighted by Gasteiger charge is 2.25. The first-order valence-corrected chi connectivity index (χ1v) is 11.9. The van der Waals surface area contributed by atoms with Crippen LogP contribution in [0.25, 0.3) is 0 Å². The van der Waals surface area contributed by atoms with Crippen LogP contribution >= 0.6 is 0 Å². The fourth-order valence-electron chi connectivity index (χ4n) is 3.56. The van der Waals surface area contributed by atoms with E-state index in [0.29, 0.717) is 37.1 Å². The molecule has 0 radical (unpaired) electrons. The first kappa shape index (κ1) is 22.6. The first-order chi connectivity index (χ1) is 14.8. The van der Waals surface area contributed by atoms with Crippen molar-refractivity contribution >= 4 is 27.5 Å². The molecule has 0 atom stereocenters. The van der Waals surface area contributed by atoms with Gasteiger partial charge in [-0.1, -0.05) is 19.1 Å². The number of para-hydroxylation sites is 1. The van der Waals surface area contributed by atoms with Gasteiger partial charge in [0.25, 0.3) is 0 Å². The van der Waals surface area contributed by atoms with Crippen LogP contribution < -0.4 is 21.1 Å². The number of carbonyl (C=O) groups excluding carboxylic acids is 2. The summed E-state index contributed by atoms with van der Waals surface area (Å²) in [6.07, 6.45) is 2.80. The fraction of sp³-hybridized carbons (Fsp3) is 0.364. The molecule has 2 aromatic rings. The van der Waals surface area contributed by atoms with Crippen LogP contribution in [0.5, 0.6) is 11.5 Å². The van der Waals surface area contributed by atoms with Crippen molar-refractivity contribution in [2.24, 2.45) is 11.7 Å². The van der Waals surface area contributed by atoms with Crippen molar-refractivity contribution in [2.75, 3.05) is 11.1 Å². The van der Waals surface area contributed by atoms with Crippen LogP contribution in [-0.4, -0.2) is 32.2 Å². The summed E-state index contributed by atoms with van der Waals surface area (Å²) in [6.45, 7) is 1.58. The lowest BCUT2D eigenvalue weighted by Crippen LogP contribution is -2.41. The maximum absolute atomic E-state index is 12.2. The minimum atomic E-state index is -3.41. The summed E-state index contributed by atoms with van der Waals surface area (Å²) in [5.74, 6) is 0.310. The van der Waals surface area contributed by atoms with Gasteiger partial charge < -0.3 is 21.1 Å². The maximum atomic E-state index is 12.2. The van der Waals surface area contributed by atoms with E-state index >= 15 is 0 Å². The number of primary amides is 1. The second kappa shape index (κ2) is 9.82. The number of urea groups is 1. The third-order valence-electron chi connectivity index (χ3n) is 5.37. The Morgan fingerprint density at radius 3 is 2.29 bits per heavy atom. The number of anilines is 1. The van der Waals surface area contributed by atoms with Gasteiger partial charge in [-0.2, -0.15) is 0 Å². The monoisotopic (exact) mass is 445 g/mol. The molecule has 8 nitrogen and oxygen atoms in total. The Balaban J connectivity index is 1.57. The van der Waals surface area contributed by atoms with E-state index in [1.54, 1.807) is 49.4 Å². The molecule has 0 unspecified atom stereocenters.